The molecule has 3 heterocycles. The van der Waals surface area contributed by atoms with Crippen LogP contribution < -0.4 is 14.9 Å². The minimum atomic E-state index is -4.09. The van der Waals surface area contributed by atoms with Crippen LogP contribution in [0.1, 0.15) is 12.8 Å². The number of anilines is 2. The summed E-state index contributed by atoms with van der Waals surface area (Å²) in [5.74, 6) is -0.820. The van der Waals surface area contributed by atoms with Gasteiger partial charge in [-0.15, -0.1) is 11.3 Å². The van der Waals surface area contributed by atoms with Crippen LogP contribution in [0.15, 0.2) is 28.6 Å². The van der Waals surface area contributed by atoms with Gasteiger partial charge in [0, 0.05) is 42.7 Å². The molecule has 2 fully saturated rings. The maximum Gasteiger partial charge on any atom is 0.266 e. The molecule has 1 aromatic carbocycles. The number of rotatable bonds is 4. The minimum absolute atomic E-state index is 0.180. The van der Waals surface area contributed by atoms with Gasteiger partial charge >= 0.3 is 0 Å². The first kappa shape index (κ1) is 18.0. The largest absolute Gasteiger partial charge is 0.370 e. The van der Waals surface area contributed by atoms with E-state index in [2.05, 4.69) is 15.0 Å². The van der Waals surface area contributed by atoms with E-state index in [1.54, 1.807) is 5.38 Å². The normalized spacial score (nSPS) is 23.1. The number of aromatic nitrogens is 1. The number of sulfonamides is 1. The van der Waals surface area contributed by atoms with Gasteiger partial charge in [0.15, 0.2) is 5.13 Å². The Bertz CT molecular complexity index is 915. The van der Waals surface area contributed by atoms with Crippen molar-refractivity contribution < 1.29 is 12.8 Å². The Morgan fingerprint density at radius 1 is 1.38 bits per heavy atom. The maximum atomic E-state index is 14.6. The molecule has 2 saturated heterocycles. The van der Waals surface area contributed by atoms with E-state index in [0.29, 0.717) is 5.69 Å². The van der Waals surface area contributed by atoms with E-state index in [1.165, 1.54) is 18.3 Å². The van der Waals surface area contributed by atoms with E-state index >= 15 is 0 Å². The SMILES string of the molecule is O=S(=O)(Nc1nccs1)c1cc(Cl)c(N2CCC3(CCNC3)C2)cc1F. The van der Waals surface area contributed by atoms with Crippen molar-refractivity contribution in [2.45, 2.75) is 17.7 Å². The van der Waals surface area contributed by atoms with E-state index in [0.717, 1.165) is 50.4 Å². The lowest BCUT2D eigenvalue weighted by Crippen LogP contribution is -2.29. The molecule has 0 saturated carbocycles. The first-order chi connectivity index (χ1) is 12.4. The van der Waals surface area contributed by atoms with Crippen molar-refractivity contribution in [3.05, 3.63) is 34.5 Å². The van der Waals surface area contributed by atoms with Gasteiger partial charge in [0.25, 0.3) is 10.0 Å². The van der Waals surface area contributed by atoms with E-state index < -0.39 is 20.7 Å². The van der Waals surface area contributed by atoms with Gasteiger partial charge in [-0.05, 0) is 25.5 Å². The molecule has 1 aromatic heterocycles. The van der Waals surface area contributed by atoms with Crippen LogP contribution in [0, 0.1) is 11.2 Å². The van der Waals surface area contributed by atoms with Gasteiger partial charge in [-0.2, -0.15) is 0 Å². The first-order valence-corrected chi connectivity index (χ1v) is 11.0. The van der Waals surface area contributed by atoms with Crippen molar-refractivity contribution >= 4 is 43.8 Å². The molecule has 10 heteroatoms. The highest BCUT2D eigenvalue weighted by atomic mass is 35.5. The number of hydrogen-bond donors (Lipinski definition) is 2. The zero-order valence-corrected chi connectivity index (χ0v) is 16.2. The Labute approximate surface area is 160 Å². The molecule has 0 bridgehead atoms. The summed E-state index contributed by atoms with van der Waals surface area (Å²) in [7, 11) is -4.09. The van der Waals surface area contributed by atoms with Crippen LogP contribution in [0.2, 0.25) is 5.02 Å². The van der Waals surface area contributed by atoms with Crippen LogP contribution in [0.25, 0.3) is 0 Å². The number of thiazole rings is 1. The molecule has 1 atom stereocenters. The van der Waals surface area contributed by atoms with Crippen LogP contribution in [0.4, 0.5) is 15.2 Å². The third-order valence-corrected chi connectivity index (χ3v) is 7.53. The van der Waals surface area contributed by atoms with Crippen LogP contribution >= 0.6 is 22.9 Å². The molecule has 2 aliphatic heterocycles. The third-order valence-electron chi connectivity index (χ3n) is 5.06. The van der Waals surface area contributed by atoms with Gasteiger partial charge in [0.2, 0.25) is 0 Å². The fourth-order valence-electron chi connectivity index (χ4n) is 3.69. The topological polar surface area (TPSA) is 74.3 Å². The molecule has 4 rings (SSSR count). The highest BCUT2D eigenvalue weighted by molar-refractivity contribution is 7.93. The Hall–Kier alpha value is -1.42. The van der Waals surface area contributed by atoms with Gasteiger partial charge in [-0.25, -0.2) is 17.8 Å². The van der Waals surface area contributed by atoms with E-state index in [9.17, 15) is 12.8 Å². The van der Waals surface area contributed by atoms with Crippen molar-refractivity contribution in [1.29, 1.82) is 0 Å². The van der Waals surface area contributed by atoms with Crippen LogP contribution in [-0.2, 0) is 10.0 Å². The Morgan fingerprint density at radius 3 is 2.92 bits per heavy atom. The molecule has 0 amide bonds. The van der Waals surface area contributed by atoms with Crippen LogP contribution in [0.3, 0.4) is 0 Å². The highest BCUT2D eigenvalue weighted by Crippen LogP contribution is 2.41. The van der Waals surface area contributed by atoms with E-state index in [1.807, 2.05) is 4.90 Å². The van der Waals surface area contributed by atoms with Gasteiger partial charge < -0.3 is 10.2 Å². The van der Waals surface area contributed by atoms with Crippen molar-refractivity contribution in [2.75, 3.05) is 35.8 Å². The Balaban J connectivity index is 1.61. The standard InChI is InChI=1S/C16H18ClFN4O2S2/c17-11-7-14(26(23,24)21-15-20-4-6-25-15)12(18)8-13(11)22-5-2-16(10-22)1-3-19-9-16/h4,6-8,19H,1-3,5,9-10H2,(H,20,21). The van der Waals surface area contributed by atoms with Crippen molar-refractivity contribution in [3.63, 3.8) is 0 Å². The minimum Gasteiger partial charge on any atom is -0.370 e. The number of benzene rings is 1. The monoisotopic (exact) mass is 416 g/mol. The Kier molecular flexibility index (Phi) is 4.58. The molecular weight excluding hydrogens is 399 g/mol. The summed E-state index contributed by atoms with van der Waals surface area (Å²) < 4.78 is 41.8. The molecule has 2 N–H and O–H groups in total. The second-order valence-electron chi connectivity index (χ2n) is 6.78. The van der Waals surface area contributed by atoms with Gasteiger partial charge in [0.05, 0.1) is 10.7 Å². The molecule has 6 nitrogen and oxygen atoms in total. The fraction of sp³-hybridized carbons (Fsp3) is 0.438. The molecule has 2 aliphatic rings. The predicted molar refractivity (Wildman–Crippen MR) is 101 cm³/mol. The average Bonchev–Trinajstić information content (AvgIpc) is 3.33. The summed E-state index contributed by atoms with van der Waals surface area (Å²) in [5.41, 5.74) is 0.748. The highest BCUT2D eigenvalue weighted by Gasteiger charge is 2.41. The maximum absolute atomic E-state index is 14.6. The van der Waals surface area contributed by atoms with Gasteiger partial charge in [-0.1, -0.05) is 11.6 Å². The zero-order chi connectivity index (χ0) is 18.4. The molecule has 140 valence electrons. The summed E-state index contributed by atoms with van der Waals surface area (Å²) in [6, 6.07) is 2.40. The van der Waals surface area contributed by atoms with Gasteiger partial charge in [-0.3, -0.25) is 4.72 Å². The van der Waals surface area contributed by atoms with Crippen LogP contribution in [0.5, 0.6) is 0 Å². The van der Waals surface area contributed by atoms with E-state index in [-0.39, 0.29) is 15.6 Å². The first-order valence-electron chi connectivity index (χ1n) is 8.26. The average molecular weight is 417 g/mol. The third kappa shape index (κ3) is 3.28. The molecule has 26 heavy (non-hydrogen) atoms. The lowest BCUT2D eigenvalue weighted by molar-refractivity contribution is 0.369. The smallest absolute Gasteiger partial charge is 0.266 e. The summed E-state index contributed by atoms with van der Waals surface area (Å²) >= 11 is 7.45. The lowest BCUT2D eigenvalue weighted by atomic mass is 9.86. The lowest BCUT2D eigenvalue weighted by Gasteiger charge is -2.25. The second kappa shape index (κ2) is 6.63. The number of halogens is 2. The number of nitrogens with one attached hydrogen (secondary N) is 2. The molecule has 0 aliphatic carbocycles. The molecular formula is C16H18ClFN4O2S2. The summed E-state index contributed by atoms with van der Waals surface area (Å²) in [4.78, 5) is 5.43. The molecule has 0 radical (unpaired) electrons. The molecule has 1 spiro atoms. The summed E-state index contributed by atoms with van der Waals surface area (Å²) in [6.07, 6.45) is 3.58. The molecule has 2 aromatic rings. The van der Waals surface area contributed by atoms with Crippen molar-refractivity contribution in [3.8, 4) is 0 Å². The predicted octanol–water partition coefficient (Wildman–Crippen LogP) is 2.93. The van der Waals surface area contributed by atoms with E-state index in [4.69, 9.17) is 11.6 Å². The zero-order valence-electron chi connectivity index (χ0n) is 13.8. The quantitative estimate of drug-likeness (QED) is 0.801. The van der Waals surface area contributed by atoms with Crippen molar-refractivity contribution in [1.82, 2.24) is 10.3 Å². The van der Waals surface area contributed by atoms with Crippen LogP contribution in [-0.4, -0.2) is 39.6 Å². The molecule has 1 unspecified atom stereocenters. The summed E-state index contributed by atoms with van der Waals surface area (Å²) in [6.45, 7) is 3.52. The fourth-order valence-corrected chi connectivity index (χ4v) is 5.92. The van der Waals surface area contributed by atoms with Crippen molar-refractivity contribution in [2.24, 2.45) is 5.41 Å². The number of nitrogens with zero attached hydrogens (tertiary/aromatic N) is 2. The summed E-state index contributed by atoms with van der Waals surface area (Å²) in [5, 5.41) is 5.42. The Morgan fingerprint density at radius 2 is 2.23 bits per heavy atom. The second-order valence-corrected chi connectivity index (χ2v) is 9.73. The number of hydrogen-bond acceptors (Lipinski definition) is 6. The van der Waals surface area contributed by atoms with Gasteiger partial charge in [0.1, 0.15) is 10.7 Å².